The van der Waals surface area contributed by atoms with Crippen molar-refractivity contribution >= 4 is 17.7 Å². The van der Waals surface area contributed by atoms with Crippen LogP contribution in [0.25, 0.3) is 0 Å². The molecule has 2 aromatic carbocycles. The van der Waals surface area contributed by atoms with Crippen LogP contribution in [0.3, 0.4) is 0 Å². The number of hydrogen-bond acceptors (Lipinski definition) is 4. The van der Waals surface area contributed by atoms with Crippen LogP contribution in [0.1, 0.15) is 46.2 Å². The van der Waals surface area contributed by atoms with Gasteiger partial charge >= 0.3 is 0 Å². The van der Waals surface area contributed by atoms with Gasteiger partial charge in [0.2, 0.25) is 0 Å². The zero-order chi connectivity index (χ0) is 18.7. The highest BCUT2D eigenvalue weighted by Crippen LogP contribution is 2.27. The van der Waals surface area contributed by atoms with Crippen LogP contribution in [0, 0.1) is 5.92 Å². The Balaban J connectivity index is 1.86. The Morgan fingerprint density at radius 2 is 1.50 bits per heavy atom. The van der Waals surface area contributed by atoms with Crippen LogP contribution in [0.2, 0.25) is 0 Å². The van der Waals surface area contributed by atoms with Gasteiger partial charge in [-0.3, -0.25) is 14.4 Å². The van der Waals surface area contributed by atoms with Crippen LogP contribution in [-0.2, 0) is 9.63 Å². The summed E-state index contributed by atoms with van der Waals surface area (Å²) in [6.45, 7) is 4.42. The third-order valence-corrected chi connectivity index (χ3v) is 3.99. The molecule has 0 fully saturated rings. The number of fused-ring (bicyclic) bond motifs is 1. The van der Waals surface area contributed by atoms with E-state index in [0.29, 0.717) is 17.2 Å². The third-order valence-electron chi connectivity index (χ3n) is 3.99. The molecule has 6 nitrogen and oxygen atoms in total. The van der Waals surface area contributed by atoms with Gasteiger partial charge in [-0.05, 0) is 23.6 Å². The maximum Gasteiger partial charge on any atom is 0.285 e. The van der Waals surface area contributed by atoms with E-state index in [2.05, 4.69) is 5.32 Å². The Morgan fingerprint density at radius 3 is 2.04 bits per heavy atom. The minimum atomic E-state index is -1.10. The summed E-state index contributed by atoms with van der Waals surface area (Å²) in [4.78, 5) is 43.3. The first-order valence-electron chi connectivity index (χ1n) is 8.46. The highest BCUT2D eigenvalue weighted by molar-refractivity contribution is 6.20. The van der Waals surface area contributed by atoms with E-state index in [1.807, 2.05) is 19.9 Å². The van der Waals surface area contributed by atoms with Crippen molar-refractivity contribution in [2.45, 2.75) is 20.0 Å². The topological polar surface area (TPSA) is 75.7 Å². The van der Waals surface area contributed by atoms with E-state index >= 15 is 0 Å². The number of nitrogens with zero attached hydrogens (tertiary/aromatic N) is 1. The van der Waals surface area contributed by atoms with Gasteiger partial charge in [-0.15, -0.1) is 5.06 Å². The summed E-state index contributed by atoms with van der Waals surface area (Å²) in [5.74, 6) is -1.28. The van der Waals surface area contributed by atoms with Crippen LogP contribution < -0.4 is 5.32 Å². The van der Waals surface area contributed by atoms with E-state index in [1.54, 1.807) is 48.5 Å². The highest BCUT2D eigenvalue weighted by Gasteiger charge is 2.39. The van der Waals surface area contributed by atoms with Crippen molar-refractivity contribution in [2.75, 3.05) is 6.54 Å². The maximum absolute atomic E-state index is 12.6. The average molecular weight is 352 g/mol. The first-order valence-corrected chi connectivity index (χ1v) is 8.46. The van der Waals surface area contributed by atoms with Crippen LogP contribution in [0.4, 0.5) is 0 Å². The smallest absolute Gasteiger partial charge is 0.285 e. The fourth-order valence-corrected chi connectivity index (χ4v) is 2.65. The zero-order valence-corrected chi connectivity index (χ0v) is 14.6. The molecule has 0 spiro atoms. The van der Waals surface area contributed by atoms with Gasteiger partial charge in [-0.1, -0.05) is 56.3 Å². The second kappa shape index (κ2) is 7.49. The lowest BCUT2D eigenvalue weighted by molar-refractivity contribution is -0.161. The van der Waals surface area contributed by atoms with Crippen LogP contribution in [0.15, 0.2) is 54.6 Å². The number of nitrogens with one attached hydrogen (secondary N) is 1. The molecule has 0 aliphatic carbocycles. The van der Waals surface area contributed by atoms with Gasteiger partial charge in [0, 0.05) is 6.54 Å². The maximum atomic E-state index is 12.6. The molecule has 26 heavy (non-hydrogen) atoms. The Labute approximate surface area is 151 Å². The van der Waals surface area contributed by atoms with Crippen molar-refractivity contribution in [3.63, 3.8) is 0 Å². The Hall–Kier alpha value is -2.99. The van der Waals surface area contributed by atoms with E-state index < -0.39 is 23.8 Å². The second-order valence-electron chi connectivity index (χ2n) is 6.49. The molecule has 1 aliphatic rings. The summed E-state index contributed by atoms with van der Waals surface area (Å²) < 4.78 is 0. The molecule has 0 aromatic heterocycles. The van der Waals surface area contributed by atoms with E-state index in [9.17, 15) is 14.4 Å². The molecule has 3 amide bonds. The molecule has 1 unspecified atom stereocenters. The normalized spacial score (nSPS) is 14.5. The monoisotopic (exact) mass is 352 g/mol. The summed E-state index contributed by atoms with van der Waals surface area (Å²) in [5, 5.41) is 3.47. The minimum absolute atomic E-state index is 0.259. The molecule has 3 rings (SSSR count). The largest absolute Gasteiger partial charge is 0.353 e. The first kappa shape index (κ1) is 17.8. The van der Waals surface area contributed by atoms with Crippen molar-refractivity contribution < 1.29 is 19.2 Å². The molecule has 1 atom stereocenters. The zero-order valence-electron chi connectivity index (χ0n) is 14.6. The molecule has 1 N–H and O–H groups in total. The number of amides is 3. The van der Waals surface area contributed by atoms with E-state index in [-0.39, 0.29) is 17.0 Å². The number of rotatable bonds is 6. The highest BCUT2D eigenvalue weighted by atomic mass is 16.7. The SMILES string of the molecule is CC(C)CNC(=O)C(ON1C(=O)c2ccccc2C1=O)c1ccccc1. The van der Waals surface area contributed by atoms with Gasteiger partial charge in [0.1, 0.15) is 0 Å². The molecule has 2 aromatic rings. The number of carbonyl (C=O) groups excluding carboxylic acids is 3. The Bertz CT molecular complexity index is 798. The lowest BCUT2D eigenvalue weighted by Gasteiger charge is -2.22. The van der Waals surface area contributed by atoms with Gasteiger partial charge in [-0.2, -0.15) is 0 Å². The van der Waals surface area contributed by atoms with Crippen molar-refractivity contribution in [2.24, 2.45) is 5.92 Å². The van der Waals surface area contributed by atoms with Crippen LogP contribution in [-0.4, -0.2) is 29.3 Å². The van der Waals surface area contributed by atoms with Gasteiger partial charge in [-0.25, -0.2) is 4.84 Å². The molecule has 1 heterocycles. The Morgan fingerprint density at radius 1 is 0.962 bits per heavy atom. The van der Waals surface area contributed by atoms with Crippen molar-refractivity contribution in [3.05, 3.63) is 71.3 Å². The Kier molecular flexibility index (Phi) is 5.14. The van der Waals surface area contributed by atoms with E-state index in [1.165, 1.54) is 0 Å². The molecule has 0 saturated carbocycles. The van der Waals surface area contributed by atoms with Gasteiger partial charge in [0.15, 0.2) is 6.10 Å². The molecule has 0 saturated heterocycles. The fraction of sp³-hybridized carbons (Fsp3) is 0.250. The molecule has 0 bridgehead atoms. The predicted octanol–water partition coefficient (Wildman–Crippen LogP) is 2.73. The summed E-state index contributed by atoms with van der Waals surface area (Å²) in [7, 11) is 0. The summed E-state index contributed by atoms with van der Waals surface area (Å²) in [5.41, 5.74) is 1.10. The van der Waals surface area contributed by atoms with Crippen molar-refractivity contribution in [1.29, 1.82) is 0 Å². The van der Waals surface area contributed by atoms with Crippen molar-refractivity contribution in [3.8, 4) is 0 Å². The van der Waals surface area contributed by atoms with Crippen molar-refractivity contribution in [1.82, 2.24) is 10.4 Å². The molecule has 0 radical (unpaired) electrons. The minimum Gasteiger partial charge on any atom is -0.353 e. The first-order chi connectivity index (χ1) is 12.5. The molecular weight excluding hydrogens is 332 g/mol. The quantitative estimate of drug-likeness (QED) is 0.811. The van der Waals surface area contributed by atoms with Gasteiger partial charge < -0.3 is 5.32 Å². The average Bonchev–Trinajstić information content (AvgIpc) is 2.89. The lowest BCUT2D eigenvalue weighted by Crippen LogP contribution is -2.39. The third kappa shape index (κ3) is 3.50. The number of benzene rings is 2. The molecule has 1 aliphatic heterocycles. The molecular formula is C20H20N2O4. The van der Waals surface area contributed by atoms with Crippen LogP contribution >= 0.6 is 0 Å². The summed E-state index contributed by atoms with van der Waals surface area (Å²) in [6.07, 6.45) is -1.10. The summed E-state index contributed by atoms with van der Waals surface area (Å²) >= 11 is 0. The number of carbonyl (C=O) groups is 3. The van der Waals surface area contributed by atoms with Gasteiger partial charge in [0.25, 0.3) is 17.7 Å². The number of hydrogen-bond donors (Lipinski definition) is 1. The number of imide groups is 1. The molecule has 134 valence electrons. The fourth-order valence-electron chi connectivity index (χ4n) is 2.65. The van der Waals surface area contributed by atoms with Gasteiger partial charge in [0.05, 0.1) is 11.1 Å². The standard InChI is InChI=1S/C20H20N2O4/c1-13(2)12-21-18(23)17(14-8-4-3-5-9-14)26-22-19(24)15-10-6-7-11-16(15)20(22)25/h3-11,13,17H,12H2,1-2H3,(H,21,23). The second-order valence-corrected chi connectivity index (χ2v) is 6.49. The summed E-state index contributed by atoms with van der Waals surface area (Å²) in [6, 6.07) is 15.3. The number of hydroxylamine groups is 2. The lowest BCUT2D eigenvalue weighted by atomic mass is 10.1. The van der Waals surface area contributed by atoms with Crippen LogP contribution in [0.5, 0.6) is 0 Å². The van der Waals surface area contributed by atoms with E-state index in [0.717, 1.165) is 0 Å². The molecule has 6 heteroatoms. The van der Waals surface area contributed by atoms with E-state index in [4.69, 9.17) is 4.84 Å². The predicted molar refractivity (Wildman–Crippen MR) is 95.1 cm³/mol.